The Bertz CT molecular complexity index is 942. The molecule has 0 unspecified atom stereocenters. The highest BCUT2D eigenvalue weighted by Crippen LogP contribution is 2.28. The second-order valence-corrected chi connectivity index (χ2v) is 6.56. The quantitative estimate of drug-likeness (QED) is 0.668. The van der Waals surface area contributed by atoms with E-state index in [4.69, 9.17) is 9.47 Å². The van der Waals surface area contributed by atoms with Gasteiger partial charge in [0, 0.05) is 29.5 Å². The number of aromatic nitrogens is 1. The molecule has 0 spiro atoms. The van der Waals surface area contributed by atoms with Crippen molar-refractivity contribution in [3.05, 3.63) is 64.9 Å². The number of benzene rings is 2. The third-order valence-electron chi connectivity index (χ3n) is 3.97. The highest BCUT2D eigenvalue weighted by molar-refractivity contribution is 7.13. The van der Waals surface area contributed by atoms with Crippen LogP contribution in [-0.2, 0) is 6.42 Å². The van der Waals surface area contributed by atoms with Gasteiger partial charge in [0.15, 0.2) is 11.5 Å². The lowest BCUT2D eigenvalue weighted by molar-refractivity contribution is 0.0953. The molecule has 1 aromatic heterocycles. The fourth-order valence-corrected chi connectivity index (χ4v) is 3.44. The first-order valence-corrected chi connectivity index (χ1v) is 9.20. The van der Waals surface area contributed by atoms with Gasteiger partial charge in [0.2, 0.25) is 0 Å². The third kappa shape index (κ3) is 4.43. The number of nitrogens with zero attached hydrogens (tertiary/aromatic N) is 1. The summed E-state index contributed by atoms with van der Waals surface area (Å²) in [5.74, 6) is 0.567. The Morgan fingerprint density at radius 3 is 2.67 bits per heavy atom. The minimum Gasteiger partial charge on any atom is -0.493 e. The van der Waals surface area contributed by atoms with Crippen LogP contribution in [0.25, 0.3) is 10.6 Å². The SMILES string of the molecule is COc1ccc(C(=O)NCCc2csc(-c3ccccc3F)n2)cc1OC. The minimum atomic E-state index is -0.292. The zero-order chi connectivity index (χ0) is 19.2. The third-order valence-corrected chi connectivity index (χ3v) is 4.89. The Morgan fingerprint density at radius 2 is 1.93 bits per heavy atom. The van der Waals surface area contributed by atoms with Gasteiger partial charge in [0.1, 0.15) is 10.8 Å². The lowest BCUT2D eigenvalue weighted by Gasteiger charge is -2.09. The molecule has 0 aliphatic carbocycles. The number of ether oxygens (including phenoxy) is 2. The average Bonchev–Trinajstić information content (AvgIpc) is 3.16. The van der Waals surface area contributed by atoms with Crippen molar-refractivity contribution >= 4 is 17.2 Å². The number of amides is 1. The second-order valence-electron chi connectivity index (χ2n) is 5.70. The number of halogens is 1. The second kappa shape index (κ2) is 8.64. The van der Waals surface area contributed by atoms with Crippen molar-refractivity contribution in [3.8, 4) is 22.1 Å². The van der Waals surface area contributed by atoms with Crippen molar-refractivity contribution < 1.29 is 18.7 Å². The smallest absolute Gasteiger partial charge is 0.251 e. The van der Waals surface area contributed by atoms with Crippen LogP contribution < -0.4 is 14.8 Å². The largest absolute Gasteiger partial charge is 0.493 e. The number of hydrogen-bond donors (Lipinski definition) is 1. The van der Waals surface area contributed by atoms with Crippen LogP contribution in [0.3, 0.4) is 0 Å². The van der Waals surface area contributed by atoms with Crippen molar-refractivity contribution in [2.24, 2.45) is 0 Å². The van der Waals surface area contributed by atoms with Crippen LogP contribution in [0.15, 0.2) is 47.8 Å². The first-order chi connectivity index (χ1) is 13.1. The summed E-state index contributed by atoms with van der Waals surface area (Å²) in [6.45, 7) is 0.424. The summed E-state index contributed by atoms with van der Waals surface area (Å²) in [6.07, 6.45) is 0.560. The minimum absolute atomic E-state index is 0.208. The number of methoxy groups -OCH3 is 2. The molecule has 3 rings (SSSR count). The molecule has 0 atom stereocenters. The van der Waals surface area contributed by atoms with Crippen molar-refractivity contribution in [2.45, 2.75) is 6.42 Å². The summed E-state index contributed by atoms with van der Waals surface area (Å²) in [5, 5.41) is 5.36. The van der Waals surface area contributed by atoms with E-state index in [1.54, 1.807) is 43.5 Å². The summed E-state index contributed by atoms with van der Waals surface area (Å²) < 4.78 is 24.2. The van der Waals surface area contributed by atoms with E-state index in [0.717, 1.165) is 5.69 Å². The van der Waals surface area contributed by atoms with Gasteiger partial charge in [-0.1, -0.05) is 12.1 Å². The van der Waals surface area contributed by atoms with Crippen molar-refractivity contribution in [1.82, 2.24) is 10.3 Å². The summed E-state index contributed by atoms with van der Waals surface area (Å²) >= 11 is 1.39. The molecular weight excluding hydrogens is 367 g/mol. The van der Waals surface area contributed by atoms with Crippen LogP contribution in [0.5, 0.6) is 11.5 Å². The summed E-state index contributed by atoms with van der Waals surface area (Å²) in [7, 11) is 3.07. The molecule has 1 amide bonds. The summed E-state index contributed by atoms with van der Waals surface area (Å²) in [5.41, 5.74) is 1.78. The predicted molar refractivity (Wildman–Crippen MR) is 103 cm³/mol. The molecule has 0 fully saturated rings. The van der Waals surface area contributed by atoms with Gasteiger partial charge in [-0.25, -0.2) is 9.37 Å². The zero-order valence-corrected chi connectivity index (χ0v) is 15.8. The number of carbonyl (C=O) groups excluding carboxylic acids is 1. The van der Waals surface area contributed by atoms with Gasteiger partial charge in [0.05, 0.1) is 19.9 Å². The Hall–Kier alpha value is -2.93. The molecule has 0 bridgehead atoms. The van der Waals surface area contributed by atoms with Gasteiger partial charge in [-0.15, -0.1) is 11.3 Å². The fourth-order valence-electron chi connectivity index (χ4n) is 2.56. The van der Waals surface area contributed by atoms with E-state index in [9.17, 15) is 9.18 Å². The van der Waals surface area contributed by atoms with Crippen molar-refractivity contribution in [2.75, 3.05) is 20.8 Å². The average molecular weight is 386 g/mol. The monoisotopic (exact) mass is 386 g/mol. The van der Waals surface area contributed by atoms with Crippen LogP contribution in [0.4, 0.5) is 4.39 Å². The van der Waals surface area contributed by atoms with Gasteiger partial charge in [-0.3, -0.25) is 4.79 Å². The highest BCUT2D eigenvalue weighted by atomic mass is 32.1. The van der Waals surface area contributed by atoms with E-state index >= 15 is 0 Å². The van der Waals surface area contributed by atoms with Gasteiger partial charge < -0.3 is 14.8 Å². The molecule has 0 aliphatic rings. The van der Waals surface area contributed by atoms with Crippen LogP contribution in [-0.4, -0.2) is 31.7 Å². The number of carbonyl (C=O) groups is 1. The number of nitrogens with one attached hydrogen (secondary N) is 1. The molecule has 1 heterocycles. The van der Waals surface area contributed by atoms with E-state index < -0.39 is 0 Å². The van der Waals surface area contributed by atoms with Crippen LogP contribution in [0.2, 0.25) is 0 Å². The first-order valence-electron chi connectivity index (χ1n) is 8.32. The molecule has 5 nitrogen and oxygen atoms in total. The van der Waals surface area contributed by atoms with E-state index in [1.807, 2.05) is 5.38 Å². The molecule has 3 aromatic rings. The fraction of sp³-hybridized carbons (Fsp3) is 0.200. The number of hydrogen-bond acceptors (Lipinski definition) is 5. The molecule has 2 aromatic carbocycles. The van der Waals surface area contributed by atoms with E-state index in [-0.39, 0.29) is 11.7 Å². The molecule has 7 heteroatoms. The molecule has 1 N–H and O–H groups in total. The Balaban J connectivity index is 1.59. The zero-order valence-electron chi connectivity index (χ0n) is 15.0. The Morgan fingerprint density at radius 1 is 1.15 bits per heavy atom. The molecule has 0 radical (unpaired) electrons. The molecule has 0 aliphatic heterocycles. The first kappa shape index (κ1) is 18.8. The van der Waals surface area contributed by atoms with Crippen LogP contribution >= 0.6 is 11.3 Å². The van der Waals surface area contributed by atoms with E-state index in [2.05, 4.69) is 10.3 Å². The van der Waals surface area contributed by atoms with Crippen LogP contribution in [0.1, 0.15) is 16.1 Å². The van der Waals surface area contributed by atoms with E-state index in [1.165, 1.54) is 24.5 Å². The normalized spacial score (nSPS) is 10.5. The van der Waals surface area contributed by atoms with Gasteiger partial charge in [-0.05, 0) is 30.3 Å². The molecular formula is C20H19FN2O3S. The van der Waals surface area contributed by atoms with Crippen molar-refractivity contribution in [1.29, 1.82) is 0 Å². The predicted octanol–water partition coefficient (Wildman–Crippen LogP) is 3.94. The topological polar surface area (TPSA) is 60.5 Å². The lowest BCUT2D eigenvalue weighted by atomic mass is 10.2. The summed E-state index contributed by atoms with van der Waals surface area (Å²) in [4.78, 5) is 16.8. The molecule has 27 heavy (non-hydrogen) atoms. The maximum atomic E-state index is 13.8. The van der Waals surface area contributed by atoms with Crippen molar-refractivity contribution in [3.63, 3.8) is 0 Å². The highest BCUT2D eigenvalue weighted by Gasteiger charge is 2.12. The van der Waals surface area contributed by atoms with Gasteiger partial charge in [-0.2, -0.15) is 0 Å². The standard InChI is InChI=1S/C20H19FN2O3S/c1-25-17-8-7-13(11-18(17)26-2)19(24)22-10-9-14-12-27-20(23-14)15-5-3-4-6-16(15)21/h3-8,11-12H,9-10H2,1-2H3,(H,22,24). The van der Waals surface area contributed by atoms with Crippen LogP contribution in [0, 0.1) is 5.82 Å². The maximum Gasteiger partial charge on any atom is 0.251 e. The maximum absolute atomic E-state index is 13.8. The molecule has 140 valence electrons. The number of rotatable bonds is 7. The van der Waals surface area contributed by atoms with Gasteiger partial charge in [0.25, 0.3) is 5.91 Å². The Labute approximate surface area is 160 Å². The molecule has 0 saturated carbocycles. The summed E-state index contributed by atoms with van der Waals surface area (Å²) in [6, 6.07) is 11.5. The number of thiazole rings is 1. The molecule has 0 saturated heterocycles. The lowest BCUT2D eigenvalue weighted by Crippen LogP contribution is -2.25. The van der Waals surface area contributed by atoms with Gasteiger partial charge >= 0.3 is 0 Å². The Kier molecular flexibility index (Phi) is 6.03. The van der Waals surface area contributed by atoms with E-state index in [0.29, 0.717) is 40.6 Å².